The van der Waals surface area contributed by atoms with Gasteiger partial charge in [-0.3, -0.25) is 14.2 Å². The predicted octanol–water partition coefficient (Wildman–Crippen LogP) is 2.24. The van der Waals surface area contributed by atoms with Gasteiger partial charge >= 0.3 is 5.76 Å². The molecule has 4 heterocycles. The summed E-state index contributed by atoms with van der Waals surface area (Å²) >= 11 is 0. The van der Waals surface area contributed by atoms with Gasteiger partial charge in [-0.2, -0.15) is 5.48 Å². The average Bonchev–Trinajstić information content (AvgIpc) is 3.18. The Morgan fingerprint density at radius 3 is 2.65 bits per heavy atom. The lowest BCUT2D eigenvalue weighted by atomic mass is 9.86. The van der Waals surface area contributed by atoms with Gasteiger partial charge in [0.2, 0.25) is 0 Å². The van der Waals surface area contributed by atoms with Crippen LogP contribution in [-0.2, 0) is 14.4 Å². The normalized spacial score (nSPS) is 28.7. The first-order valence-corrected chi connectivity index (χ1v) is 11.1. The van der Waals surface area contributed by atoms with Crippen LogP contribution in [0.25, 0.3) is 11.1 Å². The Morgan fingerprint density at radius 2 is 1.97 bits per heavy atom. The van der Waals surface area contributed by atoms with Gasteiger partial charge in [0.15, 0.2) is 11.3 Å². The molecule has 2 atom stereocenters. The minimum Gasteiger partial charge on any atom is -0.408 e. The molecule has 2 aromatic rings. The lowest BCUT2D eigenvalue weighted by Gasteiger charge is -2.35. The summed E-state index contributed by atoms with van der Waals surface area (Å²) in [5.41, 5.74) is 3.95. The number of alkyl halides is 1. The zero-order chi connectivity index (χ0) is 21.2. The zero-order valence-electron chi connectivity index (χ0n) is 17.2. The molecule has 1 aliphatic carbocycles. The number of ether oxygens (including phenoxy) is 1. The number of aromatic nitrogens is 1. The molecular formula is C22H26FN3O5. The van der Waals surface area contributed by atoms with Gasteiger partial charge in [-0.15, -0.1) is 0 Å². The monoisotopic (exact) mass is 431 g/mol. The third-order valence-electron chi connectivity index (χ3n) is 7.29. The predicted molar refractivity (Wildman–Crippen MR) is 108 cm³/mol. The minimum atomic E-state index is -1.58. The largest absolute Gasteiger partial charge is 0.420 e. The highest BCUT2D eigenvalue weighted by molar-refractivity contribution is 5.88. The number of nitrogens with zero attached hydrogens (tertiary/aromatic N) is 2. The molecule has 1 N–H and O–H groups in total. The van der Waals surface area contributed by atoms with Crippen LogP contribution in [0.3, 0.4) is 0 Å². The first-order chi connectivity index (χ1) is 15.0. The fourth-order valence-corrected chi connectivity index (χ4v) is 5.07. The van der Waals surface area contributed by atoms with E-state index in [4.69, 9.17) is 14.0 Å². The fourth-order valence-electron chi connectivity index (χ4n) is 5.07. The standard InChI is InChI=1S/C22H26FN3O5/c23-22(5-6-22)20(27)25-7-3-13(4-8-25)16-10-19(31-24-16)14-1-2-18-17(9-14)26(21(28)30-18)15-11-29-12-15/h1-2,9,13,15-16,19,24H,3-8,10-12H2. The summed E-state index contributed by atoms with van der Waals surface area (Å²) in [6.07, 6.45) is 3.12. The second-order valence-electron chi connectivity index (χ2n) is 9.32. The summed E-state index contributed by atoms with van der Waals surface area (Å²) in [5.74, 6) is -0.297. The maximum Gasteiger partial charge on any atom is 0.420 e. The number of amides is 1. The highest BCUT2D eigenvalue weighted by atomic mass is 19.1. The van der Waals surface area contributed by atoms with Gasteiger partial charge in [0.05, 0.1) is 24.8 Å². The summed E-state index contributed by atoms with van der Waals surface area (Å²) in [6, 6.07) is 5.95. The Balaban J connectivity index is 1.13. The molecule has 3 aliphatic heterocycles. The number of likely N-dealkylation sites (tertiary alicyclic amines) is 1. The molecule has 0 spiro atoms. The second kappa shape index (κ2) is 7.15. The number of halogens is 1. The Hall–Kier alpha value is -2.23. The molecular weight excluding hydrogens is 405 g/mol. The number of carbonyl (C=O) groups excluding carboxylic acids is 1. The lowest BCUT2D eigenvalue weighted by molar-refractivity contribution is -0.139. The molecule has 0 bridgehead atoms. The zero-order valence-corrected chi connectivity index (χ0v) is 17.2. The van der Waals surface area contributed by atoms with Crippen LogP contribution in [0.5, 0.6) is 0 Å². The molecule has 3 saturated heterocycles. The summed E-state index contributed by atoms with van der Waals surface area (Å²) in [7, 11) is 0. The Kier molecular flexibility index (Phi) is 4.49. The number of nitrogens with one attached hydrogen (secondary N) is 1. The first kappa shape index (κ1) is 19.5. The van der Waals surface area contributed by atoms with Gasteiger partial charge in [-0.25, -0.2) is 9.18 Å². The van der Waals surface area contributed by atoms with Gasteiger partial charge < -0.3 is 14.1 Å². The van der Waals surface area contributed by atoms with E-state index in [1.165, 1.54) is 0 Å². The van der Waals surface area contributed by atoms with Crippen molar-refractivity contribution in [2.24, 2.45) is 5.92 Å². The van der Waals surface area contributed by atoms with Gasteiger partial charge in [-0.1, -0.05) is 6.07 Å². The topological polar surface area (TPSA) is 85.9 Å². The van der Waals surface area contributed by atoms with E-state index in [1.807, 2.05) is 18.2 Å². The second-order valence-corrected chi connectivity index (χ2v) is 9.32. The van der Waals surface area contributed by atoms with Crippen LogP contribution in [0, 0.1) is 5.92 Å². The smallest absolute Gasteiger partial charge is 0.408 e. The molecule has 2 unspecified atom stereocenters. The Labute approximate surface area is 178 Å². The van der Waals surface area contributed by atoms with Crippen LogP contribution in [0.1, 0.15) is 49.8 Å². The molecule has 1 amide bonds. The number of hydroxylamine groups is 1. The van der Waals surface area contributed by atoms with Crippen molar-refractivity contribution in [2.75, 3.05) is 26.3 Å². The van der Waals surface area contributed by atoms with Crippen molar-refractivity contribution in [3.63, 3.8) is 0 Å². The Bertz CT molecular complexity index is 1060. The van der Waals surface area contributed by atoms with E-state index in [2.05, 4.69) is 5.48 Å². The molecule has 4 aliphatic rings. The van der Waals surface area contributed by atoms with Gasteiger partial charge in [0, 0.05) is 19.1 Å². The van der Waals surface area contributed by atoms with Crippen LogP contribution >= 0.6 is 0 Å². The number of piperidine rings is 1. The molecule has 0 radical (unpaired) electrons. The maximum atomic E-state index is 14.1. The van der Waals surface area contributed by atoms with Crippen LogP contribution in [0.4, 0.5) is 4.39 Å². The SMILES string of the molecule is O=C(N1CCC(C2CC(c3ccc4oc(=O)n(C5COC5)c4c3)ON2)CC1)C1(F)CC1. The molecule has 8 nitrogen and oxygen atoms in total. The number of fused-ring (bicyclic) bond motifs is 1. The van der Waals surface area contributed by atoms with Crippen molar-refractivity contribution in [3.05, 3.63) is 34.3 Å². The number of benzene rings is 1. The van der Waals surface area contributed by atoms with E-state index in [0.29, 0.717) is 50.6 Å². The van der Waals surface area contributed by atoms with E-state index in [0.717, 1.165) is 30.3 Å². The molecule has 1 aromatic heterocycles. The van der Waals surface area contributed by atoms with E-state index >= 15 is 0 Å². The number of rotatable bonds is 4. The maximum absolute atomic E-state index is 14.1. The third kappa shape index (κ3) is 3.30. The highest BCUT2D eigenvalue weighted by Gasteiger charge is 2.53. The fraction of sp³-hybridized carbons (Fsp3) is 0.636. The number of oxazole rings is 1. The van der Waals surface area contributed by atoms with E-state index < -0.39 is 5.67 Å². The van der Waals surface area contributed by atoms with Gasteiger partial charge in [-0.05, 0) is 55.7 Å². The highest BCUT2D eigenvalue weighted by Crippen LogP contribution is 2.42. The van der Waals surface area contributed by atoms with Gasteiger partial charge in [0.1, 0.15) is 6.10 Å². The molecule has 4 fully saturated rings. The molecule has 1 saturated carbocycles. The van der Waals surface area contributed by atoms with E-state index in [9.17, 15) is 14.0 Å². The van der Waals surface area contributed by atoms with Crippen molar-refractivity contribution >= 4 is 17.0 Å². The van der Waals surface area contributed by atoms with Crippen molar-refractivity contribution in [1.29, 1.82) is 0 Å². The van der Waals surface area contributed by atoms with Crippen molar-refractivity contribution < 1.29 is 23.2 Å². The quantitative estimate of drug-likeness (QED) is 0.799. The third-order valence-corrected chi connectivity index (χ3v) is 7.29. The average molecular weight is 431 g/mol. The number of hydrogen-bond donors (Lipinski definition) is 1. The van der Waals surface area contributed by atoms with Crippen molar-refractivity contribution in [1.82, 2.24) is 14.9 Å². The summed E-state index contributed by atoms with van der Waals surface area (Å²) in [6.45, 7) is 2.25. The minimum absolute atomic E-state index is 0.0198. The molecule has 6 rings (SSSR count). The van der Waals surface area contributed by atoms with Crippen molar-refractivity contribution in [2.45, 2.75) is 56.0 Å². The molecule has 1 aromatic carbocycles. The van der Waals surface area contributed by atoms with Crippen molar-refractivity contribution in [3.8, 4) is 0 Å². The van der Waals surface area contributed by atoms with Crippen LogP contribution in [0.15, 0.2) is 27.4 Å². The molecule has 31 heavy (non-hydrogen) atoms. The van der Waals surface area contributed by atoms with Crippen LogP contribution in [0.2, 0.25) is 0 Å². The number of hydrogen-bond acceptors (Lipinski definition) is 6. The summed E-state index contributed by atoms with van der Waals surface area (Å²) in [4.78, 5) is 32.1. The van der Waals surface area contributed by atoms with E-state index in [1.54, 1.807) is 9.47 Å². The van der Waals surface area contributed by atoms with E-state index in [-0.39, 0.29) is 29.9 Å². The van der Waals surface area contributed by atoms with Crippen LogP contribution < -0.4 is 11.2 Å². The van der Waals surface area contributed by atoms with Gasteiger partial charge in [0.25, 0.3) is 5.91 Å². The summed E-state index contributed by atoms with van der Waals surface area (Å²) in [5, 5.41) is 0. The lowest BCUT2D eigenvalue weighted by Crippen LogP contribution is -2.46. The van der Waals surface area contributed by atoms with Crippen LogP contribution in [-0.4, -0.2) is 53.4 Å². The summed E-state index contributed by atoms with van der Waals surface area (Å²) < 4.78 is 26.4. The molecule has 166 valence electrons. The Morgan fingerprint density at radius 1 is 1.19 bits per heavy atom. The first-order valence-electron chi connectivity index (χ1n) is 11.1. The number of carbonyl (C=O) groups is 1. The molecule has 9 heteroatoms.